The van der Waals surface area contributed by atoms with Gasteiger partial charge >= 0.3 is 0 Å². The average molecular weight is 239 g/mol. The summed E-state index contributed by atoms with van der Waals surface area (Å²) >= 11 is 0. The molecular weight excluding hydrogens is 218 g/mol. The lowest BCUT2D eigenvalue weighted by Crippen LogP contribution is -2.40. The van der Waals surface area contributed by atoms with Crippen LogP contribution >= 0.6 is 0 Å². The Balaban J connectivity index is 2.37. The van der Waals surface area contributed by atoms with Crippen molar-refractivity contribution in [2.75, 3.05) is 6.54 Å². The summed E-state index contributed by atoms with van der Waals surface area (Å²) in [4.78, 5) is 11.7. The van der Waals surface area contributed by atoms with Crippen LogP contribution < -0.4 is 11.1 Å². The molecule has 0 aliphatic rings. The van der Waals surface area contributed by atoms with Crippen molar-refractivity contribution >= 4 is 5.91 Å². The Labute approximate surface area is 102 Å². The van der Waals surface area contributed by atoms with E-state index in [4.69, 9.17) is 10.3 Å². The van der Waals surface area contributed by atoms with Gasteiger partial charge in [0, 0.05) is 18.7 Å². The van der Waals surface area contributed by atoms with Gasteiger partial charge in [0.2, 0.25) is 5.91 Å². The lowest BCUT2D eigenvalue weighted by atomic mass is 10.1. The number of hydrogen-bond donors (Lipinski definition) is 2. The van der Waals surface area contributed by atoms with Gasteiger partial charge < -0.3 is 15.6 Å². The van der Waals surface area contributed by atoms with Crippen LogP contribution in [-0.2, 0) is 11.2 Å². The monoisotopic (exact) mass is 239 g/mol. The second kappa shape index (κ2) is 7.06. The van der Waals surface area contributed by atoms with Crippen molar-refractivity contribution < 1.29 is 9.32 Å². The summed E-state index contributed by atoms with van der Waals surface area (Å²) in [6, 6.07) is 1.83. The van der Waals surface area contributed by atoms with Gasteiger partial charge in [-0.25, -0.2) is 0 Å². The van der Waals surface area contributed by atoms with Gasteiger partial charge in [-0.05, 0) is 13.3 Å². The molecule has 96 valence electrons. The fourth-order valence-electron chi connectivity index (χ4n) is 1.64. The molecule has 1 rings (SSSR count). The number of nitrogens with zero attached hydrogens (tertiary/aromatic N) is 1. The minimum Gasteiger partial charge on any atom is -0.361 e. The first-order valence-electron chi connectivity index (χ1n) is 6.07. The van der Waals surface area contributed by atoms with Crippen LogP contribution in [0.25, 0.3) is 0 Å². The molecule has 3 N–H and O–H groups in total. The molecule has 0 aromatic carbocycles. The number of unbranched alkanes of at least 4 members (excludes halogenated alkanes) is 1. The molecule has 0 aliphatic heterocycles. The third-order valence-corrected chi connectivity index (χ3v) is 2.57. The van der Waals surface area contributed by atoms with Crippen molar-refractivity contribution in [3.63, 3.8) is 0 Å². The Kier molecular flexibility index (Phi) is 5.69. The van der Waals surface area contributed by atoms with Gasteiger partial charge in [-0.2, -0.15) is 0 Å². The molecule has 5 nitrogen and oxygen atoms in total. The van der Waals surface area contributed by atoms with Crippen molar-refractivity contribution in [1.82, 2.24) is 10.5 Å². The number of hydrogen-bond acceptors (Lipinski definition) is 4. The number of carbonyl (C=O) groups excluding carboxylic acids is 1. The SMILES string of the molecule is CCCCC(CN)NC(=O)Cc1cc(C)on1. The van der Waals surface area contributed by atoms with Gasteiger partial charge in [-0.1, -0.05) is 24.9 Å². The van der Waals surface area contributed by atoms with Gasteiger partial charge in [-0.15, -0.1) is 0 Å². The lowest BCUT2D eigenvalue weighted by molar-refractivity contribution is -0.121. The molecule has 0 radical (unpaired) electrons. The third-order valence-electron chi connectivity index (χ3n) is 2.57. The van der Waals surface area contributed by atoms with E-state index in [2.05, 4.69) is 17.4 Å². The highest BCUT2D eigenvalue weighted by molar-refractivity contribution is 5.78. The van der Waals surface area contributed by atoms with E-state index in [1.807, 2.05) is 0 Å². The Morgan fingerprint density at radius 3 is 2.94 bits per heavy atom. The van der Waals surface area contributed by atoms with Crippen LogP contribution in [0.4, 0.5) is 0 Å². The molecule has 0 aliphatic carbocycles. The molecule has 1 amide bonds. The predicted molar refractivity (Wildman–Crippen MR) is 65.5 cm³/mol. The molecule has 0 spiro atoms. The summed E-state index contributed by atoms with van der Waals surface area (Å²) < 4.78 is 4.91. The van der Waals surface area contributed by atoms with Crippen molar-refractivity contribution in [3.8, 4) is 0 Å². The predicted octanol–water partition coefficient (Wildman–Crippen LogP) is 1.16. The third kappa shape index (κ3) is 4.99. The second-order valence-corrected chi connectivity index (χ2v) is 4.25. The van der Waals surface area contributed by atoms with Gasteiger partial charge in [-0.3, -0.25) is 4.79 Å². The van der Waals surface area contributed by atoms with E-state index in [9.17, 15) is 4.79 Å². The van der Waals surface area contributed by atoms with Crippen molar-refractivity contribution in [3.05, 3.63) is 17.5 Å². The van der Waals surface area contributed by atoms with E-state index in [1.54, 1.807) is 13.0 Å². The molecule has 17 heavy (non-hydrogen) atoms. The van der Waals surface area contributed by atoms with E-state index in [0.29, 0.717) is 18.0 Å². The standard InChI is InChI=1S/C12H21N3O2/c1-3-4-5-10(8-13)14-12(16)7-11-6-9(2)17-15-11/h6,10H,3-5,7-8,13H2,1-2H3,(H,14,16). The molecule has 0 fully saturated rings. The minimum atomic E-state index is -0.0511. The smallest absolute Gasteiger partial charge is 0.226 e. The van der Waals surface area contributed by atoms with E-state index in [0.717, 1.165) is 19.3 Å². The van der Waals surface area contributed by atoms with Crippen LogP contribution in [-0.4, -0.2) is 23.7 Å². The highest BCUT2D eigenvalue weighted by Crippen LogP contribution is 2.03. The zero-order chi connectivity index (χ0) is 12.7. The fourth-order valence-corrected chi connectivity index (χ4v) is 1.64. The Bertz CT molecular complexity index is 349. The number of nitrogens with one attached hydrogen (secondary N) is 1. The Morgan fingerprint density at radius 1 is 1.65 bits per heavy atom. The van der Waals surface area contributed by atoms with Crippen LogP contribution in [0.3, 0.4) is 0 Å². The number of aromatic nitrogens is 1. The van der Waals surface area contributed by atoms with Crippen molar-refractivity contribution in [1.29, 1.82) is 0 Å². The second-order valence-electron chi connectivity index (χ2n) is 4.25. The molecule has 5 heteroatoms. The zero-order valence-corrected chi connectivity index (χ0v) is 10.5. The Hall–Kier alpha value is -1.36. The molecule has 1 atom stereocenters. The summed E-state index contributed by atoms with van der Waals surface area (Å²) in [7, 11) is 0. The van der Waals surface area contributed by atoms with Crippen molar-refractivity contribution in [2.24, 2.45) is 5.73 Å². The molecule has 0 saturated heterocycles. The number of nitrogens with two attached hydrogens (primary N) is 1. The van der Waals surface area contributed by atoms with Crippen LogP contribution in [0.15, 0.2) is 10.6 Å². The molecule has 1 heterocycles. The maximum atomic E-state index is 11.7. The topological polar surface area (TPSA) is 81.1 Å². The van der Waals surface area contributed by atoms with Gasteiger partial charge in [0.05, 0.1) is 12.1 Å². The van der Waals surface area contributed by atoms with E-state index < -0.39 is 0 Å². The van der Waals surface area contributed by atoms with E-state index >= 15 is 0 Å². The number of rotatable bonds is 7. The summed E-state index contributed by atoms with van der Waals surface area (Å²) in [6.07, 6.45) is 3.36. The molecule has 0 saturated carbocycles. The van der Waals surface area contributed by atoms with Crippen LogP contribution in [0.5, 0.6) is 0 Å². The van der Waals surface area contributed by atoms with Crippen LogP contribution in [0, 0.1) is 6.92 Å². The van der Waals surface area contributed by atoms with Gasteiger partial charge in [0.15, 0.2) is 0 Å². The molecular formula is C12H21N3O2. The Morgan fingerprint density at radius 2 is 2.41 bits per heavy atom. The number of aryl methyl sites for hydroxylation is 1. The van der Waals surface area contributed by atoms with Gasteiger partial charge in [0.25, 0.3) is 0 Å². The lowest BCUT2D eigenvalue weighted by Gasteiger charge is -2.15. The first-order valence-corrected chi connectivity index (χ1v) is 6.07. The maximum Gasteiger partial charge on any atom is 0.226 e. The summed E-state index contributed by atoms with van der Waals surface area (Å²) in [6.45, 7) is 4.40. The largest absolute Gasteiger partial charge is 0.361 e. The molecule has 0 bridgehead atoms. The maximum absolute atomic E-state index is 11.7. The summed E-state index contributed by atoms with van der Waals surface area (Å²) in [5.41, 5.74) is 6.27. The minimum absolute atomic E-state index is 0.0511. The summed E-state index contributed by atoms with van der Waals surface area (Å²) in [5.74, 6) is 0.666. The highest BCUT2D eigenvalue weighted by Gasteiger charge is 2.12. The molecule has 1 aromatic rings. The van der Waals surface area contributed by atoms with Gasteiger partial charge in [0.1, 0.15) is 5.76 Å². The highest BCUT2D eigenvalue weighted by atomic mass is 16.5. The van der Waals surface area contributed by atoms with Crippen molar-refractivity contribution in [2.45, 2.75) is 45.6 Å². The normalized spacial score (nSPS) is 12.4. The van der Waals surface area contributed by atoms with Crippen LogP contribution in [0.1, 0.15) is 37.6 Å². The number of amides is 1. The van der Waals surface area contributed by atoms with Crippen LogP contribution in [0.2, 0.25) is 0 Å². The zero-order valence-electron chi connectivity index (χ0n) is 10.5. The molecule has 1 unspecified atom stereocenters. The quantitative estimate of drug-likeness (QED) is 0.748. The summed E-state index contributed by atoms with van der Waals surface area (Å²) in [5, 5.41) is 6.70. The fraction of sp³-hybridized carbons (Fsp3) is 0.667. The number of carbonyl (C=O) groups is 1. The van der Waals surface area contributed by atoms with E-state index in [-0.39, 0.29) is 18.4 Å². The van der Waals surface area contributed by atoms with E-state index in [1.165, 1.54) is 0 Å². The molecule has 1 aromatic heterocycles. The average Bonchev–Trinajstić information content (AvgIpc) is 2.69. The first-order chi connectivity index (χ1) is 8.15. The first kappa shape index (κ1) is 13.7.